The van der Waals surface area contributed by atoms with Gasteiger partial charge >= 0.3 is 5.97 Å². The summed E-state index contributed by atoms with van der Waals surface area (Å²) < 4.78 is 9.52. The first-order chi connectivity index (χ1) is 10.5. The molecule has 0 aromatic carbocycles. The minimum Gasteiger partial charge on any atom is -0.467 e. The molecule has 0 spiro atoms. The highest BCUT2D eigenvalue weighted by atomic mass is 32.2. The van der Waals surface area contributed by atoms with Crippen LogP contribution in [0.15, 0.2) is 0 Å². The zero-order chi connectivity index (χ0) is 16.5. The third kappa shape index (κ3) is 5.30. The van der Waals surface area contributed by atoms with Gasteiger partial charge in [-0.3, -0.25) is 19.3 Å². The lowest BCUT2D eigenvalue weighted by atomic mass is 10.2. The topological polar surface area (TPSA) is 93.2 Å². The SMILES string of the molecule is COC(=O)C1CSCC(=O)N1C(C)=O.O=CN1CCOCC1. The average molecular weight is 332 g/mol. The molecule has 2 aliphatic heterocycles. The average Bonchev–Trinajstić information content (AvgIpc) is 2.54. The number of hydrogen-bond acceptors (Lipinski definition) is 7. The van der Waals surface area contributed by atoms with Crippen molar-refractivity contribution < 1.29 is 28.7 Å². The molecule has 0 aromatic rings. The molecular weight excluding hydrogens is 312 g/mol. The van der Waals surface area contributed by atoms with Gasteiger partial charge in [-0.15, -0.1) is 11.8 Å². The minimum atomic E-state index is -0.760. The molecular formula is C13H20N2O6S. The maximum Gasteiger partial charge on any atom is 0.329 e. The van der Waals surface area contributed by atoms with E-state index >= 15 is 0 Å². The van der Waals surface area contributed by atoms with Gasteiger partial charge in [0.1, 0.15) is 6.04 Å². The molecule has 2 fully saturated rings. The van der Waals surface area contributed by atoms with E-state index in [0.29, 0.717) is 19.0 Å². The second-order valence-electron chi connectivity index (χ2n) is 4.59. The lowest BCUT2D eigenvalue weighted by molar-refractivity contribution is -0.157. The number of amides is 3. The predicted octanol–water partition coefficient (Wildman–Crippen LogP) is -0.875. The third-order valence-corrected chi connectivity index (χ3v) is 4.09. The molecule has 0 bridgehead atoms. The van der Waals surface area contributed by atoms with E-state index in [1.165, 1.54) is 25.8 Å². The monoisotopic (exact) mass is 332 g/mol. The molecule has 0 aromatic heterocycles. The molecule has 8 nitrogen and oxygen atoms in total. The van der Waals surface area contributed by atoms with E-state index in [-0.39, 0.29) is 11.7 Å². The van der Waals surface area contributed by atoms with Crippen LogP contribution in [0.3, 0.4) is 0 Å². The van der Waals surface area contributed by atoms with Gasteiger partial charge in [0.2, 0.25) is 18.2 Å². The van der Waals surface area contributed by atoms with Gasteiger partial charge in [-0.05, 0) is 0 Å². The summed E-state index contributed by atoms with van der Waals surface area (Å²) in [5, 5.41) is 0. The Labute approximate surface area is 133 Å². The third-order valence-electron chi connectivity index (χ3n) is 3.09. The standard InChI is InChI=1S/C8H11NO4S.C5H9NO2/c1-5(10)9-6(8(12)13-2)3-14-4-7(9)11;7-5-6-1-3-8-4-2-6/h6H,3-4H2,1-2H3;5H,1-4H2. The number of carbonyl (C=O) groups excluding carboxylic acids is 4. The van der Waals surface area contributed by atoms with Gasteiger partial charge in [0.15, 0.2) is 0 Å². The number of esters is 1. The Morgan fingerprint density at radius 2 is 2.00 bits per heavy atom. The quantitative estimate of drug-likeness (QED) is 0.479. The van der Waals surface area contributed by atoms with Crippen molar-refractivity contribution in [2.24, 2.45) is 0 Å². The van der Waals surface area contributed by atoms with Crippen LogP contribution >= 0.6 is 11.8 Å². The smallest absolute Gasteiger partial charge is 0.329 e. The van der Waals surface area contributed by atoms with Gasteiger partial charge in [0.05, 0.1) is 26.1 Å². The molecule has 2 aliphatic rings. The normalized spacial score (nSPS) is 21.5. The number of ether oxygens (including phenoxy) is 2. The van der Waals surface area contributed by atoms with Gasteiger partial charge in [0.25, 0.3) is 0 Å². The van der Waals surface area contributed by atoms with E-state index in [1.807, 2.05) is 0 Å². The summed E-state index contributed by atoms with van der Waals surface area (Å²) >= 11 is 1.33. The maximum absolute atomic E-state index is 11.3. The van der Waals surface area contributed by atoms with Crippen molar-refractivity contribution in [3.63, 3.8) is 0 Å². The Balaban J connectivity index is 0.000000255. The molecule has 22 heavy (non-hydrogen) atoms. The van der Waals surface area contributed by atoms with E-state index in [4.69, 9.17) is 4.74 Å². The van der Waals surface area contributed by atoms with Gasteiger partial charge in [-0.2, -0.15) is 0 Å². The second kappa shape index (κ2) is 9.42. The van der Waals surface area contributed by atoms with Crippen LogP contribution in [-0.4, -0.2) is 85.0 Å². The first-order valence-corrected chi connectivity index (χ1v) is 7.92. The molecule has 0 saturated carbocycles. The van der Waals surface area contributed by atoms with E-state index in [0.717, 1.165) is 24.4 Å². The zero-order valence-corrected chi connectivity index (χ0v) is 13.5. The summed E-state index contributed by atoms with van der Waals surface area (Å²) in [5.41, 5.74) is 0. The number of rotatable bonds is 2. The lowest BCUT2D eigenvalue weighted by Gasteiger charge is -2.30. The molecule has 2 saturated heterocycles. The number of nitrogens with zero attached hydrogens (tertiary/aromatic N) is 2. The fraction of sp³-hybridized carbons (Fsp3) is 0.692. The highest BCUT2D eigenvalue weighted by molar-refractivity contribution is 8.00. The molecule has 1 unspecified atom stereocenters. The van der Waals surface area contributed by atoms with Gasteiger partial charge in [-0.1, -0.05) is 0 Å². The second-order valence-corrected chi connectivity index (χ2v) is 5.62. The fourth-order valence-corrected chi connectivity index (χ4v) is 2.90. The molecule has 0 radical (unpaired) electrons. The summed E-state index contributed by atoms with van der Waals surface area (Å²) in [6.45, 7) is 4.16. The lowest BCUT2D eigenvalue weighted by Crippen LogP contribution is -2.53. The van der Waals surface area contributed by atoms with Crippen LogP contribution < -0.4 is 0 Å². The van der Waals surface area contributed by atoms with Gasteiger partial charge in [0, 0.05) is 25.8 Å². The Morgan fingerprint density at radius 3 is 2.45 bits per heavy atom. The molecule has 9 heteroatoms. The minimum absolute atomic E-state index is 0.243. The van der Waals surface area contributed by atoms with Crippen LogP contribution in [0, 0.1) is 0 Å². The molecule has 124 valence electrons. The summed E-state index contributed by atoms with van der Waals surface area (Å²) in [7, 11) is 1.24. The summed E-state index contributed by atoms with van der Waals surface area (Å²) in [5.74, 6) is -0.624. The van der Waals surface area contributed by atoms with Gasteiger partial charge in [-0.25, -0.2) is 4.79 Å². The number of morpholine rings is 1. The van der Waals surface area contributed by atoms with Crippen molar-refractivity contribution in [1.82, 2.24) is 9.80 Å². The number of hydrogen-bond donors (Lipinski definition) is 0. The number of imide groups is 1. The number of thioether (sulfide) groups is 1. The van der Waals surface area contributed by atoms with Crippen LogP contribution in [0.2, 0.25) is 0 Å². The van der Waals surface area contributed by atoms with Crippen molar-refractivity contribution in [1.29, 1.82) is 0 Å². The Morgan fingerprint density at radius 1 is 1.36 bits per heavy atom. The first-order valence-electron chi connectivity index (χ1n) is 6.76. The molecule has 1 atom stereocenters. The van der Waals surface area contributed by atoms with Crippen molar-refractivity contribution >= 4 is 36.0 Å². The van der Waals surface area contributed by atoms with Crippen LogP contribution in [0.4, 0.5) is 0 Å². The van der Waals surface area contributed by atoms with Crippen LogP contribution in [0.25, 0.3) is 0 Å². The zero-order valence-electron chi connectivity index (χ0n) is 12.6. The Bertz CT molecular complexity index is 425. The highest BCUT2D eigenvalue weighted by Gasteiger charge is 2.36. The van der Waals surface area contributed by atoms with Crippen LogP contribution in [0.1, 0.15) is 6.92 Å². The van der Waals surface area contributed by atoms with Crippen LogP contribution in [-0.2, 0) is 28.7 Å². The van der Waals surface area contributed by atoms with E-state index in [9.17, 15) is 19.2 Å². The van der Waals surface area contributed by atoms with Crippen molar-refractivity contribution in [2.45, 2.75) is 13.0 Å². The van der Waals surface area contributed by atoms with Crippen LogP contribution in [0.5, 0.6) is 0 Å². The maximum atomic E-state index is 11.3. The molecule has 2 heterocycles. The Kier molecular flexibility index (Phi) is 7.89. The first kappa shape index (κ1) is 18.4. The largest absolute Gasteiger partial charge is 0.467 e. The number of methoxy groups -OCH3 is 1. The van der Waals surface area contributed by atoms with E-state index in [1.54, 1.807) is 4.90 Å². The summed E-state index contributed by atoms with van der Waals surface area (Å²) in [6, 6.07) is -0.760. The van der Waals surface area contributed by atoms with Gasteiger partial charge < -0.3 is 14.4 Å². The Hall–Kier alpha value is -1.61. The molecule has 2 rings (SSSR count). The molecule has 0 N–H and O–H groups in total. The summed E-state index contributed by atoms with van der Waals surface area (Å²) in [6.07, 6.45) is 0.864. The van der Waals surface area contributed by atoms with Crippen molar-refractivity contribution in [2.75, 3.05) is 44.9 Å². The van der Waals surface area contributed by atoms with E-state index in [2.05, 4.69) is 4.74 Å². The predicted molar refractivity (Wildman–Crippen MR) is 79.1 cm³/mol. The summed E-state index contributed by atoms with van der Waals surface area (Å²) in [4.78, 5) is 46.4. The molecule has 3 amide bonds. The number of carbonyl (C=O) groups is 4. The highest BCUT2D eigenvalue weighted by Crippen LogP contribution is 2.18. The molecule has 0 aliphatic carbocycles. The fourth-order valence-electron chi connectivity index (χ4n) is 1.96. The van der Waals surface area contributed by atoms with Crippen molar-refractivity contribution in [3.8, 4) is 0 Å². The van der Waals surface area contributed by atoms with E-state index < -0.39 is 17.9 Å². The van der Waals surface area contributed by atoms with Crippen molar-refractivity contribution in [3.05, 3.63) is 0 Å².